The van der Waals surface area contributed by atoms with Gasteiger partial charge in [0, 0.05) is 29.7 Å². The van der Waals surface area contributed by atoms with Gasteiger partial charge in [0.05, 0.1) is 0 Å². The van der Waals surface area contributed by atoms with Crippen LogP contribution in [-0.2, 0) is 11.3 Å². The first-order valence-electron chi connectivity index (χ1n) is 7.74. The maximum Gasteiger partial charge on any atom is 0.246 e. The minimum atomic E-state index is -0.211. The van der Waals surface area contributed by atoms with Gasteiger partial charge in [0.1, 0.15) is 5.82 Å². The molecule has 1 aliphatic rings. The Labute approximate surface area is 139 Å². The molecule has 3 nitrogen and oxygen atoms in total. The van der Waals surface area contributed by atoms with Crippen LogP contribution < -0.4 is 0 Å². The fourth-order valence-electron chi connectivity index (χ4n) is 3.28. The average Bonchev–Trinajstić information content (AvgIpc) is 3.24. The number of nitrogens with zero attached hydrogens (tertiary/aromatic N) is 2. The fourth-order valence-corrected chi connectivity index (χ4v) is 3.81. The van der Waals surface area contributed by atoms with Crippen LogP contribution in [0.1, 0.15) is 36.3 Å². The van der Waals surface area contributed by atoms with Crippen molar-refractivity contribution in [2.75, 3.05) is 0 Å². The molecule has 0 bridgehead atoms. The lowest BCUT2D eigenvalue weighted by Crippen LogP contribution is -2.37. The van der Waals surface area contributed by atoms with Gasteiger partial charge in [-0.05, 0) is 60.5 Å². The Balaban J connectivity index is 1.72. The lowest BCUT2D eigenvalue weighted by molar-refractivity contribution is -0.128. The van der Waals surface area contributed by atoms with E-state index in [1.807, 2.05) is 22.4 Å². The van der Waals surface area contributed by atoms with Gasteiger partial charge in [0.25, 0.3) is 0 Å². The van der Waals surface area contributed by atoms with Gasteiger partial charge in [0.15, 0.2) is 0 Å². The minimum Gasteiger partial charge on any atom is -0.332 e. The first-order chi connectivity index (χ1) is 11.2. The van der Waals surface area contributed by atoms with Crippen molar-refractivity contribution in [3.63, 3.8) is 0 Å². The second-order valence-electron chi connectivity index (χ2n) is 5.92. The Morgan fingerprint density at radius 1 is 1.39 bits per heavy atom. The predicted octanol–water partition coefficient (Wildman–Crippen LogP) is 4.13. The first kappa shape index (κ1) is 15.9. The van der Waals surface area contributed by atoms with Crippen LogP contribution in [0.15, 0.2) is 48.5 Å². The van der Waals surface area contributed by atoms with Crippen molar-refractivity contribution < 1.29 is 9.18 Å². The molecule has 0 spiro atoms. The summed E-state index contributed by atoms with van der Waals surface area (Å²) in [6.07, 6.45) is 6.06. The summed E-state index contributed by atoms with van der Waals surface area (Å²) in [5.41, 5.74) is 2.20. The van der Waals surface area contributed by atoms with Crippen LogP contribution in [0.3, 0.4) is 0 Å². The largest absolute Gasteiger partial charge is 0.332 e. The highest BCUT2D eigenvalue weighted by atomic mass is 32.1. The lowest BCUT2D eigenvalue weighted by atomic mass is 9.97. The van der Waals surface area contributed by atoms with Gasteiger partial charge in [-0.15, -0.1) is 0 Å². The highest BCUT2D eigenvalue weighted by Crippen LogP contribution is 2.37. The molecular formula is C18H19FN2OS. The molecule has 0 aliphatic heterocycles. The van der Waals surface area contributed by atoms with Crippen LogP contribution in [0.25, 0.3) is 0 Å². The van der Waals surface area contributed by atoms with Gasteiger partial charge in [-0.2, -0.15) is 0 Å². The maximum atomic E-state index is 13.1. The Kier molecular flexibility index (Phi) is 4.86. The SMILES string of the molecule is C=CC(=O)N(Cc1cnsc1)C1CCC(c2ccc(F)cc2)C1. The zero-order chi connectivity index (χ0) is 16.2. The van der Waals surface area contributed by atoms with E-state index in [9.17, 15) is 9.18 Å². The monoisotopic (exact) mass is 330 g/mol. The summed E-state index contributed by atoms with van der Waals surface area (Å²) in [4.78, 5) is 14.1. The van der Waals surface area contributed by atoms with E-state index < -0.39 is 0 Å². The fraction of sp³-hybridized carbons (Fsp3) is 0.333. The molecule has 2 atom stereocenters. The van der Waals surface area contributed by atoms with E-state index in [0.29, 0.717) is 12.5 Å². The summed E-state index contributed by atoms with van der Waals surface area (Å²) in [7, 11) is 0. The molecule has 1 amide bonds. The number of halogens is 1. The number of hydrogen-bond donors (Lipinski definition) is 0. The van der Waals surface area contributed by atoms with Crippen molar-refractivity contribution in [3.8, 4) is 0 Å². The van der Waals surface area contributed by atoms with Crippen LogP contribution in [0.2, 0.25) is 0 Å². The maximum absolute atomic E-state index is 13.1. The van der Waals surface area contributed by atoms with Crippen LogP contribution in [-0.4, -0.2) is 21.2 Å². The van der Waals surface area contributed by atoms with Crippen LogP contribution >= 0.6 is 11.5 Å². The van der Waals surface area contributed by atoms with Crippen LogP contribution in [0.4, 0.5) is 4.39 Å². The predicted molar refractivity (Wildman–Crippen MR) is 89.6 cm³/mol. The summed E-state index contributed by atoms with van der Waals surface area (Å²) in [5.74, 6) is 0.124. The number of hydrogen-bond acceptors (Lipinski definition) is 3. The van der Waals surface area contributed by atoms with E-state index in [1.165, 1.54) is 29.7 Å². The van der Waals surface area contributed by atoms with Crippen molar-refractivity contribution in [2.24, 2.45) is 0 Å². The molecule has 1 aromatic heterocycles. The van der Waals surface area contributed by atoms with Gasteiger partial charge >= 0.3 is 0 Å². The third kappa shape index (κ3) is 3.67. The van der Waals surface area contributed by atoms with E-state index in [1.54, 1.807) is 6.20 Å². The molecule has 0 radical (unpaired) electrons. The van der Waals surface area contributed by atoms with Gasteiger partial charge in [0.2, 0.25) is 5.91 Å². The molecule has 1 aliphatic carbocycles. The highest BCUT2D eigenvalue weighted by molar-refractivity contribution is 7.03. The summed E-state index contributed by atoms with van der Waals surface area (Å²) < 4.78 is 17.2. The number of rotatable bonds is 5. The molecule has 1 saturated carbocycles. The van der Waals surface area contributed by atoms with Gasteiger partial charge in [-0.1, -0.05) is 18.7 Å². The normalized spacial score (nSPS) is 20.4. The Bertz CT molecular complexity index is 669. The van der Waals surface area contributed by atoms with Crippen molar-refractivity contribution in [3.05, 3.63) is 65.4 Å². The number of amides is 1. The molecule has 3 rings (SSSR count). The lowest BCUT2D eigenvalue weighted by Gasteiger charge is -2.28. The molecule has 0 N–H and O–H groups in total. The zero-order valence-corrected chi connectivity index (χ0v) is 13.6. The number of benzene rings is 1. The van der Waals surface area contributed by atoms with E-state index in [4.69, 9.17) is 0 Å². The van der Waals surface area contributed by atoms with Crippen LogP contribution in [0, 0.1) is 5.82 Å². The zero-order valence-electron chi connectivity index (χ0n) is 12.8. The molecule has 1 aromatic carbocycles. The minimum absolute atomic E-state index is 0.0408. The number of aromatic nitrogens is 1. The van der Waals surface area contributed by atoms with E-state index in [0.717, 1.165) is 30.4 Å². The topological polar surface area (TPSA) is 33.2 Å². The van der Waals surface area contributed by atoms with Crippen molar-refractivity contribution in [2.45, 2.75) is 37.8 Å². The summed E-state index contributed by atoms with van der Waals surface area (Å²) in [6.45, 7) is 4.19. The summed E-state index contributed by atoms with van der Waals surface area (Å²) in [5, 5.41) is 1.97. The van der Waals surface area contributed by atoms with Gasteiger partial charge in [-0.25, -0.2) is 8.76 Å². The second-order valence-corrected chi connectivity index (χ2v) is 6.58. The molecule has 23 heavy (non-hydrogen) atoms. The van der Waals surface area contributed by atoms with E-state index in [-0.39, 0.29) is 17.8 Å². The van der Waals surface area contributed by atoms with Crippen molar-refractivity contribution >= 4 is 17.4 Å². The van der Waals surface area contributed by atoms with Gasteiger partial charge in [-0.3, -0.25) is 4.79 Å². The van der Waals surface area contributed by atoms with Gasteiger partial charge < -0.3 is 4.90 Å². The average molecular weight is 330 g/mol. The standard InChI is InChI=1S/C18H19FN2OS/c1-2-18(22)21(11-13-10-20-23-12-13)17-8-5-15(9-17)14-3-6-16(19)7-4-14/h2-4,6-7,10,12,15,17H,1,5,8-9,11H2. The van der Waals surface area contributed by atoms with Crippen LogP contribution in [0.5, 0.6) is 0 Å². The van der Waals surface area contributed by atoms with Crippen molar-refractivity contribution in [1.82, 2.24) is 9.27 Å². The molecule has 2 unspecified atom stereocenters. The first-order valence-corrected chi connectivity index (χ1v) is 8.58. The number of carbonyl (C=O) groups excluding carboxylic acids is 1. The Hall–Kier alpha value is -2.01. The quantitative estimate of drug-likeness (QED) is 0.772. The number of carbonyl (C=O) groups is 1. The molecule has 1 fully saturated rings. The molecule has 5 heteroatoms. The third-order valence-corrected chi connectivity index (χ3v) is 5.12. The Morgan fingerprint density at radius 3 is 2.83 bits per heavy atom. The molecule has 0 saturated heterocycles. The van der Waals surface area contributed by atoms with Crippen molar-refractivity contribution in [1.29, 1.82) is 0 Å². The summed E-state index contributed by atoms with van der Waals surface area (Å²) >= 11 is 1.39. The smallest absolute Gasteiger partial charge is 0.246 e. The van der Waals surface area contributed by atoms with E-state index >= 15 is 0 Å². The summed E-state index contributed by atoms with van der Waals surface area (Å²) in [6, 6.07) is 6.91. The third-order valence-electron chi connectivity index (χ3n) is 4.48. The highest BCUT2D eigenvalue weighted by Gasteiger charge is 2.32. The van der Waals surface area contributed by atoms with E-state index in [2.05, 4.69) is 11.0 Å². The molecular weight excluding hydrogens is 311 g/mol. The molecule has 2 aromatic rings. The Morgan fingerprint density at radius 2 is 2.17 bits per heavy atom. The second kappa shape index (κ2) is 7.04. The molecule has 120 valence electrons. The molecule has 1 heterocycles.